The van der Waals surface area contributed by atoms with E-state index in [-0.39, 0.29) is 0 Å². The molecule has 0 unspecified atom stereocenters. The molecule has 1 heterocycles. The van der Waals surface area contributed by atoms with E-state index >= 15 is 0 Å². The Hall–Kier alpha value is -1.55. The molecule has 2 aromatic rings. The maximum absolute atomic E-state index is 5.43. The molecule has 2 rings (SSSR count). The van der Waals surface area contributed by atoms with Gasteiger partial charge < -0.3 is 9.47 Å². The number of aromatic nitrogens is 1. The fourth-order valence-electron chi connectivity index (χ4n) is 2.07. The van der Waals surface area contributed by atoms with Gasteiger partial charge in [0.2, 0.25) is 5.88 Å². The number of aryl methyl sites for hydroxylation is 1. The van der Waals surface area contributed by atoms with Gasteiger partial charge in [0.25, 0.3) is 0 Å². The van der Waals surface area contributed by atoms with Crippen molar-refractivity contribution >= 4 is 11.3 Å². The number of hydrogen-bond acceptors (Lipinski definition) is 4. The van der Waals surface area contributed by atoms with Crippen LogP contribution < -0.4 is 9.47 Å². The third-order valence-electron chi connectivity index (χ3n) is 3.15. The Bertz CT molecular complexity index is 575. The molecule has 96 valence electrons. The maximum atomic E-state index is 5.43. The van der Waals surface area contributed by atoms with Crippen LogP contribution in [0.25, 0.3) is 10.6 Å². The lowest BCUT2D eigenvalue weighted by atomic mass is 9.99. The van der Waals surface area contributed by atoms with Crippen LogP contribution in [0.1, 0.15) is 16.7 Å². The Morgan fingerprint density at radius 3 is 2.33 bits per heavy atom. The number of rotatable bonds is 3. The van der Waals surface area contributed by atoms with Crippen molar-refractivity contribution in [2.24, 2.45) is 0 Å². The van der Waals surface area contributed by atoms with Crippen molar-refractivity contribution in [3.63, 3.8) is 0 Å². The summed E-state index contributed by atoms with van der Waals surface area (Å²) < 4.78 is 10.6. The summed E-state index contributed by atoms with van der Waals surface area (Å²) in [5.41, 5.74) is 4.65. The minimum atomic E-state index is 0.667. The average molecular weight is 263 g/mol. The summed E-state index contributed by atoms with van der Waals surface area (Å²) in [7, 11) is 3.34. The van der Waals surface area contributed by atoms with Gasteiger partial charge in [-0.3, -0.25) is 0 Å². The molecular formula is C14H17NO2S. The molecule has 4 heteroatoms. The molecule has 0 N–H and O–H groups in total. The molecule has 18 heavy (non-hydrogen) atoms. The minimum absolute atomic E-state index is 0.667. The Kier molecular flexibility index (Phi) is 3.57. The normalized spacial score (nSPS) is 10.5. The molecule has 0 saturated carbocycles. The summed E-state index contributed by atoms with van der Waals surface area (Å²) in [6.45, 7) is 6.23. The van der Waals surface area contributed by atoms with Crippen LogP contribution in [0.2, 0.25) is 0 Å². The number of ether oxygens (including phenoxy) is 2. The van der Waals surface area contributed by atoms with Crippen LogP contribution >= 0.6 is 11.3 Å². The number of methoxy groups -OCH3 is 2. The predicted molar refractivity (Wildman–Crippen MR) is 74.9 cm³/mol. The molecule has 0 aliphatic heterocycles. The third-order valence-corrected chi connectivity index (χ3v) is 4.01. The van der Waals surface area contributed by atoms with E-state index in [9.17, 15) is 0 Å². The second-order valence-corrected chi connectivity index (χ2v) is 5.08. The number of thiazole rings is 1. The molecular weight excluding hydrogens is 246 g/mol. The van der Waals surface area contributed by atoms with Crippen LogP contribution in [0.4, 0.5) is 0 Å². The van der Waals surface area contributed by atoms with E-state index in [4.69, 9.17) is 9.47 Å². The predicted octanol–water partition coefficient (Wildman–Crippen LogP) is 3.75. The molecule has 0 fully saturated rings. The number of hydrogen-bond donors (Lipinski definition) is 0. The van der Waals surface area contributed by atoms with Crippen LogP contribution in [0.5, 0.6) is 11.6 Å². The number of benzene rings is 1. The van der Waals surface area contributed by atoms with Crippen molar-refractivity contribution in [3.8, 4) is 22.2 Å². The SMILES string of the molecule is COc1csc(-c2cc(C)c(OC)c(C)c2C)n1. The second kappa shape index (κ2) is 4.98. The van der Waals surface area contributed by atoms with Crippen molar-refractivity contribution in [1.82, 2.24) is 4.98 Å². The second-order valence-electron chi connectivity index (χ2n) is 4.22. The van der Waals surface area contributed by atoms with E-state index in [0.29, 0.717) is 5.88 Å². The van der Waals surface area contributed by atoms with Gasteiger partial charge in [-0.25, -0.2) is 4.98 Å². The summed E-state index contributed by atoms with van der Waals surface area (Å²) in [6.07, 6.45) is 0. The smallest absolute Gasteiger partial charge is 0.224 e. The van der Waals surface area contributed by atoms with E-state index < -0.39 is 0 Å². The van der Waals surface area contributed by atoms with Crippen LogP contribution in [-0.4, -0.2) is 19.2 Å². The Labute approximate surface area is 111 Å². The summed E-state index contributed by atoms with van der Waals surface area (Å²) in [5.74, 6) is 1.63. The summed E-state index contributed by atoms with van der Waals surface area (Å²) >= 11 is 1.60. The Morgan fingerprint density at radius 1 is 1.06 bits per heavy atom. The molecule has 0 aliphatic carbocycles. The molecule has 0 aliphatic rings. The van der Waals surface area contributed by atoms with Crippen molar-refractivity contribution in [2.45, 2.75) is 20.8 Å². The zero-order valence-corrected chi connectivity index (χ0v) is 12.1. The highest BCUT2D eigenvalue weighted by Crippen LogP contribution is 2.36. The molecule has 0 saturated heterocycles. The standard InChI is InChI=1S/C14H17NO2S/c1-8-6-11(9(2)10(3)13(8)17-5)14-15-12(16-4)7-18-14/h6-7H,1-5H3. The quantitative estimate of drug-likeness (QED) is 0.845. The topological polar surface area (TPSA) is 31.4 Å². The Morgan fingerprint density at radius 2 is 1.78 bits per heavy atom. The highest BCUT2D eigenvalue weighted by Gasteiger charge is 2.14. The van der Waals surface area contributed by atoms with E-state index in [1.165, 1.54) is 11.1 Å². The van der Waals surface area contributed by atoms with Gasteiger partial charge >= 0.3 is 0 Å². The first-order chi connectivity index (χ1) is 8.58. The van der Waals surface area contributed by atoms with E-state index in [1.807, 2.05) is 5.38 Å². The zero-order chi connectivity index (χ0) is 13.3. The lowest BCUT2D eigenvalue weighted by molar-refractivity contribution is 0.401. The fourth-order valence-corrected chi connectivity index (χ4v) is 2.91. The average Bonchev–Trinajstić information content (AvgIpc) is 2.83. The summed E-state index contributed by atoms with van der Waals surface area (Å²) in [4.78, 5) is 4.45. The highest BCUT2D eigenvalue weighted by atomic mass is 32.1. The summed E-state index contributed by atoms with van der Waals surface area (Å²) in [5, 5.41) is 2.90. The third kappa shape index (κ3) is 2.08. The molecule has 0 amide bonds. The van der Waals surface area contributed by atoms with E-state index in [1.54, 1.807) is 25.6 Å². The monoisotopic (exact) mass is 263 g/mol. The van der Waals surface area contributed by atoms with Crippen LogP contribution in [0, 0.1) is 20.8 Å². The van der Waals surface area contributed by atoms with Crippen LogP contribution in [-0.2, 0) is 0 Å². The highest BCUT2D eigenvalue weighted by molar-refractivity contribution is 7.13. The van der Waals surface area contributed by atoms with Crippen molar-refractivity contribution < 1.29 is 9.47 Å². The van der Waals surface area contributed by atoms with Gasteiger partial charge in [0.15, 0.2) is 0 Å². The fraction of sp³-hybridized carbons (Fsp3) is 0.357. The molecule has 0 spiro atoms. The van der Waals surface area contributed by atoms with Gasteiger partial charge in [-0.15, -0.1) is 11.3 Å². The lowest BCUT2D eigenvalue weighted by Crippen LogP contribution is -1.96. The molecule has 3 nitrogen and oxygen atoms in total. The summed E-state index contributed by atoms with van der Waals surface area (Å²) in [6, 6.07) is 2.12. The van der Waals surface area contributed by atoms with Crippen molar-refractivity contribution in [3.05, 3.63) is 28.1 Å². The van der Waals surface area contributed by atoms with E-state index in [2.05, 4.69) is 31.8 Å². The first kappa shape index (κ1) is 12.9. The van der Waals surface area contributed by atoms with E-state index in [0.717, 1.165) is 21.9 Å². The van der Waals surface area contributed by atoms with Gasteiger partial charge in [0.05, 0.1) is 19.6 Å². The van der Waals surface area contributed by atoms with Crippen molar-refractivity contribution in [2.75, 3.05) is 14.2 Å². The maximum Gasteiger partial charge on any atom is 0.224 e. The van der Waals surface area contributed by atoms with Crippen LogP contribution in [0.3, 0.4) is 0 Å². The largest absolute Gasteiger partial charge is 0.496 e. The number of nitrogens with zero attached hydrogens (tertiary/aromatic N) is 1. The van der Waals surface area contributed by atoms with Gasteiger partial charge in [0.1, 0.15) is 10.8 Å². The molecule has 0 bridgehead atoms. The first-order valence-electron chi connectivity index (χ1n) is 5.73. The molecule has 1 aromatic heterocycles. The van der Waals surface area contributed by atoms with Gasteiger partial charge in [-0.2, -0.15) is 0 Å². The Balaban J connectivity index is 2.58. The van der Waals surface area contributed by atoms with Gasteiger partial charge in [0, 0.05) is 5.56 Å². The van der Waals surface area contributed by atoms with Crippen molar-refractivity contribution in [1.29, 1.82) is 0 Å². The molecule has 0 atom stereocenters. The zero-order valence-electron chi connectivity index (χ0n) is 11.3. The molecule has 0 radical (unpaired) electrons. The molecule has 1 aromatic carbocycles. The lowest BCUT2D eigenvalue weighted by Gasteiger charge is -2.14. The van der Waals surface area contributed by atoms with Gasteiger partial charge in [-0.1, -0.05) is 0 Å². The minimum Gasteiger partial charge on any atom is -0.496 e. The first-order valence-corrected chi connectivity index (χ1v) is 6.61. The van der Waals surface area contributed by atoms with Crippen LogP contribution in [0.15, 0.2) is 11.4 Å². The van der Waals surface area contributed by atoms with Gasteiger partial charge in [-0.05, 0) is 43.5 Å².